The van der Waals surface area contributed by atoms with Crippen LogP contribution in [0.3, 0.4) is 0 Å². The van der Waals surface area contributed by atoms with Gasteiger partial charge in [-0.15, -0.1) is 13.2 Å². The number of rotatable bonds is 6. The molecule has 0 spiro atoms. The fraction of sp³-hybridized carbons (Fsp3) is 0.0370. The van der Waals surface area contributed by atoms with E-state index in [0.29, 0.717) is 0 Å². The normalized spacial score (nSPS) is 11.0. The van der Waals surface area contributed by atoms with E-state index in [1.54, 1.807) is 0 Å². The zero-order chi connectivity index (χ0) is 41.0. The van der Waals surface area contributed by atoms with Gasteiger partial charge in [-0.05, 0) is 101 Å². The van der Waals surface area contributed by atoms with Crippen LogP contribution in [0.15, 0.2) is 208 Å². The van der Waals surface area contributed by atoms with Crippen molar-refractivity contribution in [2.75, 3.05) is 0 Å². The third-order valence-electron chi connectivity index (χ3n) is 10.7. The van der Waals surface area contributed by atoms with Gasteiger partial charge >= 0.3 is 0 Å². The smallest absolute Gasteiger partial charge is 0.0963 e. The molecule has 0 aliphatic carbocycles. The molecule has 0 aliphatic rings. The largest absolute Gasteiger partial charge is 0.308 e. The quantitative estimate of drug-likeness (QED) is 0.158. The van der Waals surface area contributed by atoms with Crippen LogP contribution >= 0.6 is 0 Å². The Balaban J connectivity index is 0.00000112. The molecule has 288 valence electrons. The molecule has 11 rings (SSSR count). The maximum Gasteiger partial charge on any atom is 0.0963 e. The summed E-state index contributed by atoms with van der Waals surface area (Å²) in [6.45, 7) is 10.0. The molecule has 0 unspecified atom stereocenters. The number of benzene rings is 5. The molecule has 0 aliphatic heterocycles. The van der Waals surface area contributed by atoms with E-state index in [9.17, 15) is 0 Å². The predicted octanol–water partition coefficient (Wildman–Crippen LogP) is 14.0. The van der Waals surface area contributed by atoms with E-state index >= 15 is 0 Å². The lowest BCUT2D eigenvalue weighted by Gasteiger charge is -2.13. The molecule has 5 aromatic carbocycles. The maximum absolute atomic E-state index is 4.91. The molecular weight excluding hydrogens is 733 g/mol. The molecule has 0 N–H and O–H groups in total. The van der Waals surface area contributed by atoms with Gasteiger partial charge in [-0.25, -0.2) is 0 Å². The van der Waals surface area contributed by atoms with Gasteiger partial charge in [-0.3, -0.25) is 19.9 Å². The number of nitrogens with zero attached hydrogens (tertiary/aromatic N) is 6. The van der Waals surface area contributed by atoms with Crippen LogP contribution in [0.2, 0.25) is 0 Å². The Labute approximate surface area is 349 Å². The van der Waals surface area contributed by atoms with Gasteiger partial charge in [0.25, 0.3) is 0 Å². The Morgan fingerprint density at radius 2 is 0.767 bits per heavy atom. The Morgan fingerprint density at radius 3 is 1.20 bits per heavy atom. The summed E-state index contributed by atoms with van der Waals surface area (Å²) in [6, 6.07) is 55.6. The van der Waals surface area contributed by atoms with Crippen LogP contribution in [0.25, 0.3) is 99.8 Å². The summed E-state index contributed by atoms with van der Waals surface area (Å²) < 4.78 is 4.64. The van der Waals surface area contributed by atoms with Gasteiger partial charge in [0.15, 0.2) is 0 Å². The number of fused-ring (bicyclic) bond motifs is 6. The average molecular weight is 775 g/mol. The van der Waals surface area contributed by atoms with Crippen LogP contribution in [0, 0.1) is 0 Å². The Bertz CT molecular complexity index is 3060. The summed E-state index contributed by atoms with van der Waals surface area (Å²) in [5, 5.41) is 2.18. The van der Waals surface area contributed by atoms with Crippen molar-refractivity contribution in [3.63, 3.8) is 0 Å². The lowest BCUT2D eigenvalue weighted by Crippen LogP contribution is -1.98. The summed E-state index contributed by atoms with van der Waals surface area (Å²) in [5.74, 6) is 0. The average Bonchev–Trinajstić information content (AvgIpc) is 3.86. The third kappa shape index (κ3) is 6.70. The summed E-state index contributed by atoms with van der Waals surface area (Å²) >= 11 is 0. The second-order valence-electron chi connectivity index (χ2n) is 14.1. The van der Waals surface area contributed by atoms with Crippen LogP contribution in [0.5, 0.6) is 0 Å². The van der Waals surface area contributed by atoms with Gasteiger partial charge in [0.1, 0.15) is 0 Å². The highest BCUT2D eigenvalue weighted by molar-refractivity contribution is 6.10. The van der Waals surface area contributed by atoms with E-state index in [1.165, 1.54) is 0 Å². The molecule has 0 amide bonds. The van der Waals surface area contributed by atoms with Gasteiger partial charge in [0.2, 0.25) is 0 Å². The van der Waals surface area contributed by atoms with Crippen molar-refractivity contribution in [2.45, 2.75) is 13.8 Å². The standard InChI is InChI=1S/C50H32N6.C2H6.C2H4/c1-3-10-33(11-4-1)37-24-39(31-51-29-37)35-18-20-45-43(26-35)49-47(16-8-22-53-49)55(45)41-14-7-15-42(28-41)56-46-21-19-36(27-44(46)50-48(56)17-9-23-54-50)40-25-38(30-52-32-40)34-12-5-2-6-13-34;2*1-2/h1-32H;1-2H3;1-2H2. The van der Waals surface area contributed by atoms with Crippen molar-refractivity contribution in [3.05, 3.63) is 208 Å². The van der Waals surface area contributed by atoms with Crippen molar-refractivity contribution in [2.24, 2.45) is 0 Å². The molecule has 0 radical (unpaired) electrons. The summed E-state index contributed by atoms with van der Waals surface area (Å²) in [6.07, 6.45) is 11.5. The fourth-order valence-corrected chi connectivity index (χ4v) is 8.13. The monoisotopic (exact) mass is 774 g/mol. The van der Waals surface area contributed by atoms with E-state index in [1.807, 2.05) is 75.3 Å². The van der Waals surface area contributed by atoms with Crippen molar-refractivity contribution in [1.82, 2.24) is 29.1 Å². The second kappa shape index (κ2) is 16.5. The SMILES string of the molecule is C=C.CC.c1ccc(-c2cncc(-c3ccc4c(c3)c3ncccc3n4-c3cccc(-n4c5ccc(-c6cncc(-c7ccccc7)c6)cc5c5ncccc54)c3)c2)cc1. The highest BCUT2D eigenvalue weighted by atomic mass is 15.0. The zero-order valence-electron chi connectivity index (χ0n) is 33.6. The first kappa shape index (κ1) is 37.6. The van der Waals surface area contributed by atoms with Crippen molar-refractivity contribution < 1.29 is 0 Å². The molecule has 0 bridgehead atoms. The van der Waals surface area contributed by atoms with Crippen molar-refractivity contribution >= 4 is 43.9 Å². The van der Waals surface area contributed by atoms with E-state index in [4.69, 9.17) is 9.97 Å². The molecule has 6 nitrogen and oxygen atoms in total. The van der Waals surface area contributed by atoms with E-state index in [0.717, 1.165) is 99.8 Å². The van der Waals surface area contributed by atoms with Gasteiger partial charge in [0.05, 0.1) is 33.1 Å². The van der Waals surface area contributed by atoms with Crippen molar-refractivity contribution in [3.8, 4) is 55.9 Å². The van der Waals surface area contributed by atoms with Crippen LogP contribution in [0.4, 0.5) is 0 Å². The van der Waals surface area contributed by atoms with Gasteiger partial charge in [0, 0.05) is 81.6 Å². The van der Waals surface area contributed by atoms with Crippen LogP contribution in [0.1, 0.15) is 13.8 Å². The first-order chi connectivity index (χ1) is 29.8. The number of pyridine rings is 4. The molecule has 6 heteroatoms. The lowest BCUT2D eigenvalue weighted by molar-refractivity contribution is 1.13. The van der Waals surface area contributed by atoms with Gasteiger partial charge in [-0.2, -0.15) is 0 Å². The zero-order valence-corrected chi connectivity index (χ0v) is 33.6. The minimum absolute atomic E-state index is 0.960. The molecule has 11 aromatic rings. The number of aromatic nitrogens is 6. The molecule has 6 aromatic heterocycles. The minimum atomic E-state index is 0.960. The van der Waals surface area contributed by atoms with E-state index < -0.39 is 0 Å². The Kier molecular flexibility index (Phi) is 10.3. The molecule has 0 fully saturated rings. The Morgan fingerprint density at radius 1 is 0.350 bits per heavy atom. The second-order valence-corrected chi connectivity index (χ2v) is 14.1. The highest BCUT2D eigenvalue weighted by Gasteiger charge is 2.18. The first-order valence-electron chi connectivity index (χ1n) is 20.2. The molecule has 0 atom stereocenters. The fourth-order valence-electron chi connectivity index (χ4n) is 8.13. The van der Waals surface area contributed by atoms with Crippen LogP contribution in [-0.2, 0) is 0 Å². The highest BCUT2D eigenvalue weighted by Crippen LogP contribution is 2.38. The maximum atomic E-state index is 4.91. The molecule has 6 heterocycles. The van der Waals surface area contributed by atoms with E-state index in [-0.39, 0.29) is 0 Å². The lowest BCUT2D eigenvalue weighted by atomic mass is 10.0. The molecule has 0 saturated carbocycles. The Hall–Kier alpha value is -7.96. The summed E-state index contributed by atoms with van der Waals surface area (Å²) in [7, 11) is 0. The van der Waals surface area contributed by atoms with E-state index in [2.05, 4.69) is 166 Å². The molecule has 60 heavy (non-hydrogen) atoms. The third-order valence-corrected chi connectivity index (χ3v) is 10.7. The van der Waals surface area contributed by atoms with Crippen LogP contribution < -0.4 is 0 Å². The summed E-state index contributed by atoms with van der Waals surface area (Å²) in [4.78, 5) is 19.1. The first-order valence-corrected chi connectivity index (χ1v) is 20.2. The topological polar surface area (TPSA) is 61.4 Å². The van der Waals surface area contributed by atoms with Crippen LogP contribution in [-0.4, -0.2) is 29.1 Å². The predicted molar refractivity (Wildman–Crippen MR) is 251 cm³/mol. The van der Waals surface area contributed by atoms with Crippen molar-refractivity contribution in [1.29, 1.82) is 0 Å². The van der Waals surface area contributed by atoms with Gasteiger partial charge in [-0.1, -0.05) is 92.7 Å². The summed E-state index contributed by atoms with van der Waals surface area (Å²) in [5.41, 5.74) is 17.1. The number of hydrogen-bond acceptors (Lipinski definition) is 4. The minimum Gasteiger partial charge on any atom is -0.308 e. The molecule has 0 saturated heterocycles. The number of hydrogen-bond donors (Lipinski definition) is 0. The molecular formula is C54H42N6. The van der Waals surface area contributed by atoms with Gasteiger partial charge < -0.3 is 9.13 Å².